The Morgan fingerprint density at radius 3 is 3.14 bits per heavy atom. The van der Waals surface area contributed by atoms with Gasteiger partial charge in [0, 0.05) is 13.5 Å². The van der Waals surface area contributed by atoms with Gasteiger partial charge in [-0.05, 0) is 11.6 Å². The van der Waals surface area contributed by atoms with E-state index in [1.807, 2.05) is 25.2 Å². The smallest absolute Gasteiger partial charge is 0.163 e. The van der Waals surface area contributed by atoms with Gasteiger partial charge in [-0.3, -0.25) is 4.68 Å². The number of benzene rings is 1. The molecule has 1 atom stereocenters. The normalized spacial score (nSPS) is 16.7. The predicted octanol–water partition coefficient (Wildman–Crippen LogP) is 1.78. The highest BCUT2D eigenvalue weighted by atomic mass is 16.5. The van der Waals surface area contributed by atoms with Crippen molar-refractivity contribution in [2.45, 2.75) is 12.5 Å². The Kier molecular flexibility index (Phi) is 2.73. The molecular weight excluding hydrogens is 266 g/mol. The average Bonchev–Trinajstić information content (AvgIpc) is 3.09. The molecule has 21 heavy (non-hydrogen) atoms. The summed E-state index contributed by atoms with van der Waals surface area (Å²) in [4.78, 5) is 8.53. The predicted molar refractivity (Wildman–Crippen MR) is 79.4 cm³/mol. The van der Waals surface area contributed by atoms with Crippen LogP contribution in [0.2, 0.25) is 0 Å². The Morgan fingerprint density at radius 2 is 2.24 bits per heavy atom. The Bertz CT molecular complexity index is 773. The van der Waals surface area contributed by atoms with Crippen molar-refractivity contribution in [1.82, 2.24) is 19.7 Å². The van der Waals surface area contributed by atoms with E-state index >= 15 is 0 Å². The summed E-state index contributed by atoms with van der Waals surface area (Å²) in [5, 5.41) is 8.49. The van der Waals surface area contributed by atoms with Crippen LogP contribution >= 0.6 is 0 Å². The van der Waals surface area contributed by atoms with Crippen LogP contribution in [0.4, 0.5) is 5.82 Å². The molecule has 1 N–H and O–H groups in total. The van der Waals surface area contributed by atoms with Crippen molar-refractivity contribution in [2.75, 3.05) is 11.9 Å². The third kappa shape index (κ3) is 2.08. The molecule has 0 amide bonds. The van der Waals surface area contributed by atoms with E-state index in [9.17, 15) is 0 Å². The maximum Gasteiger partial charge on any atom is 0.163 e. The molecule has 3 heterocycles. The lowest BCUT2D eigenvalue weighted by molar-refractivity contribution is 0.246. The number of anilines is 1. The van der Waals surface area contributed by atoms with E-state index in [0.717, 1.165) is 29.0 Å². The number of fused-ring (bicyclic) bond motifs is 2. The van der Waals surface area contributed by atoms with Gasteiger partial charge >= 0.3 is 0 Å². The Labute approximate surface area is 121 Å². The molecule has 2 aromatic heterocycles. The first kappa shape index (κ1) is 12.1. The fourth-order valence-corrected chi connectivity index (χ4v) is 2.68. The van der Waals surface area contributed by atoms with Gasteiger partial charge in [-0.25, -0.2) is 9.97 Å². The standard InChI is InChI=1S/C15H15N5O/c1-20-15-12(8-19-20)14(17-9-18-15)16-7-11-6-10-4-2-3-5-13(10)21-11/h2-5,8-9,11H,6-7H2,1H3,(H,16,17,18)/t11-/m0/s1. The van der Waals surface area contributed by atoms with E-state index in [2.05, 4.69) is 26.4 Å². The quantitative estimate of drug-likeness (QED) is 0.792. The molecule has 1 aromatic carbocycles. The summed E-state index contributed by atoms with van der Waals surface area (Å²) >= 11 is 0. The molecule has 0 unspecified atom stereocenters. The number of aromatic nitrogens is 4. The van der Waals surface area contributed by atoms with Crippen LogP contribution in [0.25, 0.3) is 11.0 Å². The maximum absolute atomic E-state index is 5.92. The molecule has 1 aliphatic rings. The van der Waals surface area contributed by atoms with E-state index in [1.54, 1.807) is 17.2 Å². The first-order valence-corrected chi connectivity index (χ1v) is 6.92. The van der Waals surface area contributed by atoms with Crippen molar-refractivity contribution >= 4 is 16.9 Å². The molecule has 106 valence electrons. The fourth-order valence-electron chi connectivity index (χ4n) is 2.68. The van der Waals surface area contributed by atoms with Crippen LogP contribution in [0.15, 0.2) is 36.8 Å². The van der Waals surface area contributed by atoms with Crippen LogP contribution in [0, 0.1) is 0 Å². The van der Waals surface area contributed by atoms with Crippen LogP contribution in [-0.2, 0) is 13.5 Å². The largest absolute Gasteiger partial charge is 0.488 e. The highest BCUT2D eigenvalue weighted by Gasteiger charge is 2.22. The highest BCUT2D eigenvalue weighted by molar-refractivity contribution is 5.85. The zero-order valence-corrected chi connectivity index (χ0v) is 11.7. The molecule has 0 saturated carbocycles. The number of ether oxygens (including phenoxy) is 1. The van der Waals surface area contributed by atoms with Gasteiger partial charge in [0.1, 0.15) is 24.0 Å². The number of nitrogens with one attached hydrogen (secondary N) is 1. The van der Waals surface area contributed by atoms with Gasteiger partial charge in [-0.15, -0.1) is 0 Å². The van der Waals surface area contributed by atoms with Gasteiger partial charge in [0.05, 0.1) is 18.1 Å². The van der Waals surface area contributed by atoms with Gasteiger partial charge in [0.25, 0.3) is 0 Å². The molecule has 0 saturated heterocycles. The van der Waals surface area contributed by atoms with Gasteiger partial charge in [-0.1, -0.05) is 18.2 Å². The van der Waals surface area contributed by atoms with Gasteiger partial charge in [0.15, 0.2) is 5.65 Å². The van der Waals surface area contributed by atoms with E-state index in [4.69, 9.17) is 4.74 Å². The number of para-hydroxylation sites is 1. The second kappa shape index (κ2) is 4.73. The van der Waals surface area contributed by atoms with Gasteiger partial charge in [-0.2, -0.15) is 5.10 Å². The first-order chi connectivity index (χ1) is 10.3. The van der Waals surface area contributed by atoms with E-state index in [0.29, 0.717) is 6.54 Å². The highest BCUT2D eigenvalue weighted by Crippen LogP contribution is 2.28. The molecule has 0 spiro atoms. The van der Waals surface area contributed by atoms with Crippen molar-refractivity contribution < 1.29 is 4.74 Å². The number of aryl methyl sites for hydroxylation is 1. The minimum Gasteiger partial charge on any atom is -0.488 e. The van der Waals surface area contributed by atoms with Gasteiger partial charge in [0.2, 0.25) is 0 Å². The summed E-state index contributed by atoms with van der Waals surface area (Å²) in [5.74, 6) is 1.78. The molecule has 6 heteroatoms. The summed E-state index contributed by atoms with van der Waals surface area (Å²) in [6, 6.07) is 8.17. The van der Waals surface area contributed by atoms with E-state index in [-0.39, 0.29) is 6.10 Å². The van der Waals surface area contributed by atoms with E-state index in [1.165, 1.54) is 5.56 Å². The fraction of sp³-hybridized carbons (Fsp3) is 0.267. The molecule has 6 nitrogen and oxygen atoms in total. The monoisotopic (exact) mass is 281 g/mol. The summed E-state index contributed by atoms with van der Waals surface area (Å²) < 4.78 is 7.66. The molecule has 1 aliphatic heterocycles. The van der Waals surface area contributed by atoms with Crippen LogP contribution in [-0.4, -0.2) is 32.4 Å². The lowest BCUT2D eigenvalue weighted by Gasteiger charge is -2.12. The lowest BCUT2D eigenvalue weighted by Crippen LogP contribution is -2.24. The molecular formula is C15H15N5O. The van der Waals surface area contributed by atoms with Crippen molar-refractivity contribution in [3.8, 4) is 5.75 Å². The number of hydrogen-bond acceptors (Lipinski definition) is 5. The molecule has 4 rings (SSSR count). The summed E-state index contributed by atoms with van der Waals surface area (Å²) in [6.07, 6.45) is 4.38. The Balaban J connectivity index is 1.50. The molecule has 3 aromatic rings. The zero-order chi connectivity index (χ0) is 14.2. The second-order valence-electron chi connectivity index (χ2n) is 5.16. The SMILES string of the molecule is Cn1ncc2c(NC[C@@H]3Cc4ccccc4O3)ncnc21. The van der Waals surface area contributed by atoms with Crippen molar-refractivity contribution in [3.63, 3.8) is 0 Å². The maximum atomic E-state index is 5.92. The summed E-state index contributed by atoms with van der Waals surface area (Å²) in [5.41, 5.74) is 2.08. The average molecular weight is 281 g/mol. The van der Waals surface area contributed by atoms with Crippen LogP contribution < -0.4 is 10.1 Å². The molecule has 0 radical (unpaired) electrons. The topological polar surface area (TPSA) is 64.9 Å². The Morgan fingerprint density at radius 1 is 1.33 bits per heavy atom. The van der Waals surface area contributed by atoms with Crippen LogP contribution in [0.5, 0.6) is 5.75 Å². The van der Waals surface area contributed by atoms with Crippen molar-refractivity contribution in [1.29, 1.82) is 0 Å². The van der Waals surface area contributed by atoms with Gasteiger partial charge < -0.3 is 10.1 Å². The molecule has 0 aliphatic carbocycles. The second-order valence-corrected chi connectivity index (χ2v) is 5.16. The molecule has 0 fully saturated rings. The summed E-state index contributed by atoms with van der Waals surface area (Å²) in [7, 11) is 1.87. The Hall–Kier alpha value is -2.63. The lowest BCUT2D eigenvalue weighted by atomic mass is 10.1. The van der Waals surface area contributed by atoms with Crippen molar-refractivity contribution in [3.05, 3.63) is 42.4 Å². The minimum atomic E-state index is 0.129. The first-order valence-electron chi connectivity index (χ1n) is 6.92. The third-order valence-electron chi connectivity index (χ3n) is 3.74. The van der Waals surface area contributed by atoms with Crippen LogP contribution in [0.3, 0.4) is 0 Å². The number of rotatable bonds is 3. The number of nitrogens with zero attached hydrogens (tertiary/aromatic N) is 4. The minimum absolute atomic E-state index is 0.129. The molecule has 0 bridgehead atoms. The van der Waals surface area contributed by atoms with E-state index < -0.39 is 0 Å². The van der Waals surface area contributed by atoms with Crippen LogP contribution in [0.1, 0.15) is 5.56 Å². The third-order valence-corrected chi connectivity index (χ3v) is 3.74. The number of hydrogen-bond donors (Lipinski definition) is 1. The van der Waals surface area contributed by atoms with Crippen molar-refractivity contribution in [2.24, 2.45) is 7.05 Å². The summed E-state index contributed by atoms with van der Waals surface area (Å²) in [6.45, 7) is 0.704. The zero-order valence-electron chi connectivity index (χ0n) is 11.7.